The predicted molar refractivity (Wildman–Crippen MR) is 72.7 cm³/mol. The lowest BCUT2D eigenvalue weighted by Crippen LogP contribution is -2.18. The van der Waals surface area contributed by atoms with Gasteiger partial charge in [0.15, 0.2) is 0 Å². The lowest BCUT2D eigenvalue weighted by molar-refractivity contribution is -0.137. The average molecular weight is 305 g/mol. The Hall–Kier alpha value is -1.18. The minimum absolute atomic E-state index is 0.129. The van der Waals surface area contributed by atoms with Crippen LogP contribution in [0, 0.1) is 11.6 Å². The first-order chi connectivity index (χ1) is 9.58. The number of thioether (sulfide) groups is 1. The van der Waals surface area contributed by atoms with Gasteiger partial charge in [-0.1, -0.05) is 0 Å². The number of ether oxygens (including phenoxy) is 2. The fourth-order valence-corrected chi connectivity index (χ4v) is 2.22. The van der Waals surface area contributed by atoms with E-state index in [4.69, 9.17) is 4.74 Å². The highest BCUT2D eigenvalue weighted by molar-refractivity contribution is 8.00. The zero-order chi connectivity index (χ0) is 15.0. The first-order valence-electron chi connectivity index (χ1n) is 5.95. The van der Waals surface area contributed by atoms with Crippen LogP contribution in [0.1, 0.15) is 5.56 Å². The molecule has 0 aliphatic rings. The van der Waals surface area contributed by atoms with E-state index in [0.717, 1.165) is 11.8 Å². The molecule has 1 N–H and O–H groups in total. The molecule has 0 radical (unpaired) electrons. The number of hydrogen-bond donors (Lipinski definition) is 1. The van der Waals surface area contributed by atoms with Gasteiger partial charge in [0, 0.05) is 20.2 Å². The summed E-state index contributed by atoms with van der Waals surface area (Å²) in [6, 6.07) is 2.50. The van der Waals surface area contributed by atoms with Crippen LogP contribution in [-0.2, 0) is 20.8 Å². The molecule has 0 aromatic heterocycles. The predicted octanol–water partition coefficient (Wildman–Crippen LogP) is 1.97. The number of hydrogen-bond acceptors (Lipinski definition) is 5. The van der Waals surface area contributed by atoms with Crippen LogP contribution in [0.4, 0.5) is 8.78 Å². The van der Waals surface area contributed by atoms with Gasteiger partial charge in [0.05, 0.1) is 24.4 Å². The lowest BCUT2D eigenvalue weighted by atomic mass is 10.2. The van der Waals surface area contributed by atoms with Crippen LogP contribution >= 0.6 is 11.8 Å². The molecule has 0 spiro atoms. The van der Waals surface area contributed by atoms with Gasteiger partial charge in [-0.3, -0.25) is 4.79 Å². The highest BCUT2D eigenvalue weighted by Gasteiger charge is 2.13. The standard InChI is InChI=1S/C13H17F2NO3S/c1-18-4-3-16-7-9-5-10(14)13(11(15)6-9)20-8-12(17)19-2/h5-6,16H,3-4,7-8H2,1-2H3. The lowest BCUT2D eigenvalue weighted by Gasteiger charge is -2.08. The molecule has 0 unspecified atom stereocenters. The Morgan fingerprint density at radius 3 is 2.50 bits per heavy atom. The second-order valence-electron chi connectivity index (χ2n) is 3.92. The summed E-state index contributed by atoms with van der Waals surface area (Å²) in [5.74, 6) is -2.01. The van der Waals surface area contributed by atoms with Crippen molar-refractivity contribution in [1.29, 1.82) is 0 Å². The minimum atomic E-state index is -0.678. The number of halogens is 2. The number of esters is 1. The molecule has 0 heterocycles. The first-order valence-corrected chi connectivity index (χ1v) is 6.94. The summed E-state index contributed by atoms with van der Waals surface area (Å²) in [5, 5.41) is 3.00. The number of nitrogens with one attached hydrogen (secondary N) is 1. The quantitative estimate of drug-likeness (QED) is 0.452. The van der Waals surface area contributed by atoms with Crippen molar-refractivity contribution < 1.29 is 23.0 Å². The molecular weight excluding hydrogens is 288 g/mol. The second-order valence-corrected chi connectivity index (χ2v) is 4.91. The van der Waals surface area contributed by atoms with E-state index in [9.17, 15) is 13.6 Å². The Bertz CT molecular complexity index is 434. The summed E-state index contributed by atoms with van der Waals surface area (Å²) in [7, 11) is 2.80. The number of rotatable bonds is 8. The number of benzene rings is 1. The van der Waals surface area contributed by atoms with E-state index >= 15 is 0 Å². The van der Waals surface area contributed by atoms with Crippen LogP contribution in [-0.4, -0.2) is 39.1 Å². The highest BCUT2D eigenvalue weighted by Crippen LogP contribution is 2.26. The Morgan fingerprint density at radius 1 is 1.30 bits per heavy atom. The van der Waals surface area contributed by atoms with Crippen molar-refractivity contribution >= 4 is 17.7 Å². The van der Waals surface area contributed by atoms with Crippen LogP contribution in [0.2, 0.25) is 0 Å². The number of methoxy groups -OCH3 is 2. The first kappa shape index (κ1) is 16.9. The molecule has 0 bridgehead atoms. The maximum Gasteiger partial charge on any atom is 0.315 e. The average Bonchev–Trinajstić information content (AvgIpc) is 2.42. The molecule has 1 rings (SSSR count). The van der Waals surface area contributed by atoms with Crippen LogP contribution in [0.25, 0.3) is 0 Å². The molecule has 0 amide bonds. The Kier molecular flexibility index (Phi) is 7.50. The molecule has 0 saturated carbocycles. The van der Waals surface area contributed by atoms with Gasteiger partial charge in [0.1, 0.15) is 11.6 Å². The van der Waals surface area contributed by atoms with E-state index in [1.165, 1.54) is 19.2 Å². The van der Waals surface area contributed by atoms with E-state index in [0.29, 0.717) is 25.3 Å². The van der Waals surface area contributed by atoms with Gasteiger partial charge in [-0.2, -0.15) is 0 Å². The summed E-state index contributed by atoms with van der Waals surface area (Å²) >= 11 is 0.782. The molecule has 0 saturated heterocycles. The largest absolute Gasteiger partial charge is 0.468 e. The topological polar surface area (TPSA) is 47.6 Å². The fourth-order valence-electron chi connectivity index (χ4n) is 1.45. The highest BCUT2D eigenvalue weighted by atomic mass is 32.2. The van der Waals surface area contributed by atoms with Crippen LogP contribution in [0.15, 0.2) is 17.0 Å². The fraction of sp³-hybridized carbons (Fsp3) is 0.462. The van der Waals surface area contributed by atoms with Crippen molar-refractivity contribution in [2.24, 2.45) is 0 Å². The zero-order valence-corrected chi connectivity index (χ0v) is 12.2. The van der Waals surface area contributed by atoms with Crippen molar-refractivity contribution in [3.05, 3.63) is 29.3 Å². The van der Waals surface area contributed by atoms with Crippen molar-refractivity contribution in [3.8, 4) is 0 Å². The molecule has 1 aromatic carbocycles. The maximum atomic E-state index is 13.8. The molecule has 20 heavy (non-hydrogen) atoms. The van der Waals surface area contributed by atoms with Crippen LogP contribution in [0.5, 0.6) is 0 Å². The van der Waals surface area contributed by atoms with Crippen molar-refractivity contribution in [2.75, 3.05) is 33.1 Å². The van der Waals surface area contributed by atoms with E-state index in [1.54, 1.807) is 7.11 Å². The zero-order valence-electron chi connectivity index (χ0n) is 11.4. The van der Waals surface area contributed by atoms with E-state index in [2.05, 4.69) is 10.1 Å². The minimum Gasteiger partial charge on any atom is -0.468 e. The molecule has 0 aliphatic carbocycles. The van der Waals surface area contributed by atoms with Crippen molar-refractivity contribution in [3.63, 3.8) is 0 Å². The van der Waals surface area contributed by atoms with Crippen LogP contribution in [0.3, 0.4) is 0 Å². The van der Waals surface area contributed by atoms with Crippen molar-refractivity contribution in [2.45, 2.75) is 11.4 Å². The third kappa shape index (κ3) is 5.44. The monoisotopic (exact) mass is 305 g/mol. The SMILES string of the molecule is COCCNCc1cc(F)c(SCC(=O)OC)c(F)c1. The van der Waals surface area contributed by atoms with Crippen LogP contribution < -0.4 is 5.32 Å². The molecule has 7 heteroatoms. The Labute approximate surface area is 120 Å². The van der Waals surface area contributed by atoms with Gasteiger partial charge < -0.3 is 14.8 Å². The smallest absolute Gasteiger partial charge is 0.315 e. The Balaban J connectivity index is 2.63. The van der Waals surface area contributed by atoms with Gasteiger partial charge >= 0.3 is 5.97 Å². The second kappa shape index (κ2) is 8.89. The molecule has 0 atom stereocenters. The van der Waals surface area contributed by atoms with Gasteiger partial charge in [0.2, 0.25) is 0 Å². The molecule has 1 aromatic rings. The number of carbonyl (C=O) groups is 1. The summed E-state index contributed by atoms with van der Waals surface area (Å²) in [6.45, 7) is 1.47. The number of carbonyl (C=O) groups excluding carboxylic acids is 1. The van der Waals surface area contributed by atoms with Gasteiger partial charge in [0.25, 0.3) is 0 Å². The van der Waals surface area contributed by atoms with E-state index in [1.807, 2.05) is 0 Å². The van der Waals surface area contributed by atoms with E-state index in [-0.39, 0.29) is 10.6 Å². The van der Waals surface area contributed by atoms with Crippen molar-refractivity contribution in [1.82, 2.24) is 5.32 Å². The third-order valence-corrected chi connectivity index (χ3v) is 3.49. The van der Waals surface area contributed by atoms with Gasteiger partial charge in [-0.15, -0.1) is 11.8 Å². The summed E-state index contributed by atoms with van der Waals surface area (Å²) in [5.41, 5.74) is 0.499. The maximum absolute atomic E-state index is 13.8. The third-order valence-electron chi connectivity index (χ3n) is 2.43. The molecule has 112 valence electrons. The summed E-state index contributed by atoms with van der Waals surface area (Å²) < 4.78 is 36.8. The summed E-state index contributed by atoms with van der Waals surface area (Å²) in [4.78, 5) is 10.8. The normalized spacial score (nSPS) is 10.6. The summed E-state index contributed by atoms with van der Waals surface area (Å²) in [6.07, 6.45) is 0. The van der Waals surface area contributed by atoms with E-state index < -0.39 is 17.6 Å². The molecular formula is C13H17F2NO3S. The van der Waals surface area contributed by atoms with Gasteiger partial charge in [-0.25, -0.2) is 8.78 Å². The Morgan fingerprint density at radius 2 is 1.95 bits per heavy atom. The van der Waals surface area contributed by atoms with Gasteiger partial charge in [-0.05, 0) is 17.7 Å². The molecule has 4 nitrogen and oxygen atoms in total. The molecule has 0 fully saturated rings. The molecule has 0 aliphatic heterocycles.